The lowest BCUT2D eigenvalue weighted by molar-refractivity contribution is 0.591. The Balaban J connectivity index is 2.04. The van der Waals surface area contributed by atoms with Crippen LogP contribution in [0.4, 0.5) is 5.00 Å². The van der Waals surface area contributed by atoms with E-state index in [4.69, 9.17) is 0 Å². The maximum absolute atomic E-state index is 13.0. The highest BCUT2D eigenvalue weighted by Crippen LogP contribution is 2.34. The lowest BCUT2D eigenvalue weighted by Gasteiger charge is -2.07. The summed E-state index contributed by atoms with van der Waals surface area (Å²) >= 11 is 0.801. The summed E-state index contributed by atoms with van der Waals surface area (Å²) in [7, 11) is -7.62. The van der Waals surface area contributed by atoms with Gasteiger partial charge in [-0.15, -0.1) is 0 Å². The molecule has 142 valence electrons. The van der Waals surface area contributed by atoms with Crippen LogP contribution >= 0.6 is 11.3 Å². The summed E-state index contributed by atoms with van der Waals surface area (Å²) in [5.41, 5.74) is 1.74. The van der Waals surface area contributed by atoms with Crippen molar-refractivity contribution in [1.29, 1.82) is 0 Å². The van der Waals surface area contributed by atoms with Gasteiger partial charge in [-0.1, -0.05) is 35.1 Å². The second-order valence-electron chi connectivity index (χ2n) is 5.92. The van der Waals surface area contributed by atoms with E-state index in [0.29, 0.717) is 0 Å². The molecular formula is C17H17N3O4S3. The van der Waals surface area contributed by atoms with Gasteiger partial charge >= 0.3 is 0 Å². The van der Waals surface area contributed by atoms with Gasteiger partial charge in [0.05, 0.1) is 4.90 Å². The van der Waals surface area contributed by atoms with E-state index in [1.807, 2.05) is 13.0 Å². The maximum Gasteiger partial charge on any atom is 0.226 e. The Morgan fingerprint density at radius 3 is 2.37 bits per heavy atom. The average molecular weight is 424 g/mol. The summed E-state index contributed by atoms with van der Waals surface area (Å²) in [5.74, 6) is 0. The van der Waals surface area contributed by atoms with Gasteiger partial charge in [-0.2, -0.15) is 0 Å². The van der Waals surface area contributed by atoms with Crippen LogP contribution in [0.1, 0.15) is 11.1 Å². The zero-order valence-electron chi connectivity index (χ0n) is 14.6. The number of aryl methyl sites for hydroxylation is 1. The molecule has 0 bridgehead atoms. The van der Waals surface area contributed by atoms with E-state index in [1.165, 1.54) is 12.1 Å². The van der Waals surface area contributed by atoms with Crippen LogP contribution in [-0.4, -0.2) is 33.1 Å². The van der Waals surface area contributed by atoms with Crippen molar-refractivity contribution >= 4 is 36.0 Å². The van der Waals surface area contributed by atoms with Crippen molar-refractivity contribution in [2.45, 2.75) is 27.7 Å². The molecule has 3 aromatic rings. The first-order chi connectivity index (χ1) is 12.7. The van der Waals surface area contributed by atoms with E-state index < -0.39 is 19.7 Å². The SMILES string of the molecule is Cc1ccc(S(=O)(=O)c2nc(S(C)(=O)=O)sc2NCc2cccnc2)cc1. The van der Waals surface area contributed by atoms with Gasteiger partial charge in [0.2, 0.25) is 24.0 Å². The predicted molar refractivity (Wildman–Crippen MR) is 103 cm³/mol. The minimum atomic E-state index is -3.97. The third kappa shape index (κ3) is 4.34. The van der Waals surface area contributed by atoms with E-state index >= 15 is 0 Å². The van der Waals surface area contributed by atoms with Gasteiger partial charge in [-0.05, 0) is 30.7 Å². The van der Waals surface area contributed by atoms with Crippen molar-refractivity contribution in [1.82, 2.24) is 9.97 Å². The number of nitrogens with one attached hydrogen (secondary N) is 1. The van der Waals surface area contributed by atoms with Crippen LogP contribution < -0.4 is 5.32 Å². The van der Waals surface area contributed by atoms with Crippen LogP contribution in [0.5, 0.6) is 0 Å². The Morgan fingerprint density at radius 2 is 1.78 bits per heavy atom. The van der Waals surface area contributed by atoms with Crippen LogP contribution in [0.15, 0.2) is 63.1 Å². The molecule has 0 saturated heterocycles. The molecule has 0 fully saturated rings. The van der Waals surface area contributed by atoms with Gasteiger partial charge in [0.1, 0.15) is 5.00 Å². The number of benzene rings is 1. The van der Waals surface area contributed by atoms with E-state index in [1.54, 1.807) is 30.6 Å². The molecule has 1 aromatic carbocycles. The van der Waals surface area contributed by atoms with Crippen molar-refractivity contribution in [3.63, 3.8) is 0 Å². The Morgan fingerprint density at radius 1 is 1.07 bits per heavy atom. The average Bonchev–Trinajstić information content (AvgIpc) is 3.07. The van der Waals surface area contributed by atoms with Crippen LogP contribution in [0.3, 0.4) is 0 Å². The number of hydrogen-bond donors (Lipinski definition) is 1. The van der Waals surface area contributed by atoms with Gasteiger partial charge in [0.15, 0.2) is 5.03 Å². The molecule has 0 saturated carbocycles. The normalized spacial score (nSPS) is 12.1. The number of rotatable bonds is 6. The quantitative estimate of drug-likeness (QED) is 0.650. The highest BCUT2D eigenvalue weighted by molar-refractivity contribution is 7.93. The van der Waals surface area contributed by atoms with Crippen LogP contribution in [-0.2, 0) is 26.2 Å². The predicted octanol–water partition coefficient (Wildman–Crippen LogP) is 2.69. The fraction of sp³-hybridized carbons (Fsp3) is 0.176. The minimum Gasteiger partial charge on any atom is -0.370 e. The molecule has 0 aliphatic rings. The molecular weight excluding hydrogens is 406 g/mol. The number of thiazole rings is 1. The van der Waals surface area contributed by atoms with Crippen molar-refractivity contribution in [2.75, 3.05) is 11.6 Å². The third-order valence-corrected chi connectivity index (χ3v) is 8.17. The number of anilines is 1. The van der Waals surface area contributed by atoms with Crippen molar-refractivity contribution in [2.24, 2.45) is 0 Å². The second kappa shape index (κ2) is 7.37. The van der Waals surface area contributed by atoms with Crippen LogP contribution in [0, 0.1) is 6.92 Å². The summed E-state index contributed by atoms with van der Waals surface area (Å²) in [6.07, 6.45) is 4.27. The molecule has 0 atom stereocenters. The Kier molecular flexibility index (Phi) is 5.31. The first-order valence-electron chi connectivity index (χ1n) is 7.83. The highest BCUT2D eigenvalue weighted by Gasteiger charge is 2.29. The first-order valence-corrected chi connectivity index (χ1v) is 12.0. The monoisotopic (exact) mass is 423 g/mol. The number of sulfone groups is 2. The summed E-state index contributed by atoms with van der Waals surface area (Å²) < 4.78 is 49.6. The van der Waals surface area contributed by atoms with E-state index in [0.717, 1.165) is 28.7 Å². The molecule has 7 nitrogen and oxygen atoms in total. The molecule has 2 aromatic heterocycles. The number of hydrogen-bond acceptors (Lipinski definition) is 8. The molecule has 0 unspecified atom stereocenters. The standard InChI is InChI=1S/C17H17N3O4S3/c1-12-5-7-14(8-6-12)27(23,24)16-15(25-17(20-16)26(2,21)22)19-11-13-4-3-9-18-10-13/h3-10,19H,11H2,1-2H3. The molecule has 0 spiro atoms. The number of pyridine rings is 1. The lowest BCUT2D eigenvalue weighted by Crippen LogP contribution is -2.08. The number of nitrogens with zero attached hydrogens (tertiary/aromatic N) is 2. The van der Waals surface area contributed by atoms with Crippen molar-refractivity contribution < 1.29 is 16.8 Å². The fourth-order valence-corrected chi connectivity index (χ4v) is 5.77. The van der Waals surface area contributed by atoms with Crippen LogP contribution in [0.2, 0.25) is 0 Å². The summed E-state index contributed by atoms with van der Waals surface area (Å²) in [5, 5.41) is 2.87. The molecule has 2 heterocycles. The van der Waals surface area contributed by atoms with Gasteiger partial charge in [0.25, 0.3) is 0 Å². The summed E-state index contributed by atoms with van der Waals surface area (Å²) in [6.45, 7) is 2.14. The minimum absolute atomic E-state index is 0.0582. The van der Waals surface area contributed by atoms with Crippen molar-refractivity contribution in [3.8, 4) is 0 Å². The van der Waals surface area contributed by atoms with Gasteiger partial charge in [-0.3, -0.25) is 4.98 Å². The maximum atomic E-state index is 13.0. The molecule has 10 heteroatoms. The van der Waals surface area contributed by atoms with Crippen molar-refractivity contribution in [3.05, 3.63) is 59.9 Å². The second-order valence-corrected chi connectivity index (χ2v) is 11.0. The molecule has 0 radical (unpaired) electrons. The fourth-order valence-electron chi connectivity index (χ4n) is 2.25. The topological polar surface area (TPSA) is 106 Å². The largest absolute Gasteiger partial charge is 0.370 e. The zero-order valence-corrected chi connectivity index (χ0v) is 17.0. The first kappa shape index (κ1) is 19.5. The molecule has 1 N–H and O–H groups in total. The lowest BCUT2D eigenvalue weighted by atomic mass is 10.2. The van der Waals surface area contributed by atoms with E-state index in [2.05, 4.69) is 15.3 Å². The summed E-state index contributed by atoms with van der Waals surface area (Å²) in [4.78, 5) is 7.99. The Hall–Kier alpha value is -2.30. The Labute approximate surface area is 162 Å². The van der Waals surface area contributed by atoms with E-state index in [9.17, 15) is 16.8 Å². The van der Waals surface area contributed by atoms with E-state index in [-0.39, 0.29) is 25.8 Å². The van der Waals surface area contributed by atoms with Gasteiger partial charge < -0.3 is 5.32 Å². The number of aromatic nitrogens is 2. The molecule has 0 amide bonds. The van der Waals surface area contributed by atoms with Gasteiger partial charge in [-0.25, -0.2) is 21.8 Å². The summed E-state index contributed by atoms with van der Waals surface area (Å²) in [6, 6.07) is 9.91. The molecule has 0 aliphatic carbocycles. The highest BCUT2D eigenvalue weighted by atomic mass is 32.2. The molecule has 0 aliphatic heterocycles. The zero-order chi connectivity index (χ0) is 19.7. The molecule has 27 heavy (non-hydrogen) atoms. The van der Waals surface area contributed by atoms with Crippen LogP contribution in [0.25, 0.3) is 0 Å². The smallest absolute Gasteiger partial charge is 0.226 e. The Bertz CT molecular complexity index is 1150. The third-order valence-electron chi connectivity index (χ3n) is 3.66. The van der Waals surface area contributed by atoms with Gasteiger partial charge in [0, 0.05) is 25.2 Å². The molecule has 3 rings (SSSR count).